The minimum absolute atomic E-state index is 0.324. The van der Waals surface area contributed by atoms with E-state index in [2.05, 4.69) is 0 Å². The highest BCUT2D eigenvalue weighted by Gasteiger charge is 2.37. The van der Waals surface area contributed by atoms with Crippen LogP contribution in [0.3, 0.4) is 0 Å². The zero-order valence-corrected chi connectivity index (χ0v) is 8.42. The number of hydrogen-bond acceptors (Lipinski definition) is 2. The van der Waals surface area contributed by atoms with Crippen LogP contribution in [0.1, 0.15) is 5.56 Å². The highest BCUT2D eigenvalue weighted by molar-refractivity contribution is 7.86. The molecule has 0 heterocycles. The first kappa shape index (κ1) is 12.3. The van der Waals surface area contributed by atoms with Crippen molar-refractivity contribution in [1.82, 2.24) is 0 Å². The summed E-state index contributed by atoms with van der Waals surface area (Å²) in [5.41, 5.74) is -1.61. The number of benzene rings is 1. The summed E-state index contributed by atoms with van der Waals surface area (Å²) >= 11 is 5.26. The molecule has 84 valence electrons. The third-order valence-electron chi connectivity index (χ3n) is 1.51. The summed E-state index contributed by atoms with van der Waals surface area (Å²) in [4.78, 5) is -1.43. The lowest BCUT2D eigenvalue weighted by Crippen LogP contribution is -2.10. The molecule has 0 saturated carbocycles. The molecule has 0 atom stereocenters. The van der Waals surface area contributed by atoms with Crippen molar-refractivity contribution >= 4 is 21.8 Å². The minimum Gasteiger partial charge on any atom is -0.189 e. The molecular formula is C7H3ClF4O2S. The minimum atomic E-state index is -5.41. The average molecular weight is 263 g/mol. The van der Waals surface area contributed by atoms with Crippen molar-refractivity contribution in [2.24, 2.45) is 0 Å². The molecule has 1 rings (SSSR count). The Morgan fingerprint density at radius 2 is 1.73 bits per heavy atom. The summed E-state index contributed by atoms with van der Waals surface area (Å²) in [5, 5.41) is -0.324. The molecule has 0 unspecified atom stereocenters. The molecule has 0 spiro atoms. The highest BCUT2D eigenvalue weighted by atomic mass is 35.5. The van der Waals surface area contributed by atoms with Gasteiger partial charge in [0.05, 0.1) is 5.56 Å². The zero-order chi connectivity index (χ0) is 11.9. The summed E-state index contributed by atoms with van der Waals surface area (Å²) in [6.07, 6.45) is -4.97. The first-order valence-corrected chi connectivity index (χ1v) is 5.20. The fourth-order valence-electron chi connectivity index (χ4n) is 0.936. The smallest absolute Gasteiger partial charge is 0.189 e. The second kappa shape index (κ2) is 3.64. The second-order valence-electron chi connectivity index (χ2n) is 2.58. The van der Waals surface area contributed by atoms with Gasteiger partial charge in [0.1, 0.15) is 4.90 Å². The summed E-state index contributed by atoms with van der Waals surface area (Å²) in [7, 11) is -5.41. The molecule has 2 nitrogen and oxygen atoms in total. The van der Waals surface area contributed by atoms with Gasteiger partial charge in [0, 0.05) is 5.02 Å². The van der Waals surface area contributed by atoms with Crippen LogP contribution < -0.4 is 0 Å². The monoisotopic (exact) mass is 262 g/mol. The Bertz CT molecular complexity index is 480. The normalized spacial score (nSPS) is 12.9. The third-order valence-corrected chi connectivity index (χ3v) is 2.63. The van der Waals surface area contributed by atoms with Crippen LogP contribution in [0, 0.1) is 0 Å². The molecular weight excluding hydrogens is 260 g/mol. The molecule has 0 aliphatic heterocycles. The van der Waals surface area contributed by atoms with E-state index in [9.17, 15) is 25.5 Å². The van der Waals surface area contributed by atoms with Crippen molar-refractivity contribution in [3.05, 3.63) is 28.8 Å². The third kappa shape index (κ3) is 2.82. The molecule has 0 aromatic heterocycles. The maximum absolute atomic E-state index is 12.5. The van der Waals surface area contributed by atoms with Crippen LogP contribution in [0.15, 0.2) is 23.1 Å². The average Bonchev–Trinajstić information content (AvgIpc) is 2.00. The summed E-state index contributed by atoms with van der Waals surface area (Å²) in [6.45, 7) is 0. The molecule has 0 N–H and O–H groups in total. The van der Waals surface area contributed by atoms with Crippen molar-refractivity contribution in [2.75, 3.05) is 0 Å². The van der Waals surface area contributed by atoms with Crippen molar-refractivity contribution in [3.8, 4) is 0 Å². The molecule has 0 fully saturated rings. The van der Waals surface area contributed by atoms with E-state index in [1.54, 1.807) is 0 Å². The molecule has 1 aromatic rings. The van der Waals surface area contributed by atoms with Crippen LogP contribution in [-0.4, -0.2) is 8.42 Å². The van der Waals surface area contributed by atoms with E-state index >= 15 is 0 Å². The van der Waals surface area contributed by atoms with Crippen molar-refractivity contribution in [1.29, 1.82) is 0 Å². The lowest BCUT2D eigenvalue weighted by Gasteiger charge is -2.09. The molecule has 15 heavy (non-hydrogen) atoms. The van der Waals surface area contributed by atoms with Gasteiger partial charge in [0.2, 0.25) is 0 Å². The van der Waals surface area contributed by atoms with Gasteiger partial charge in [-0.1, -0.05) is 11.6 Å². The Balaban J connectivity index is 3.55. The van der Waals surface area contributed by atoms with Crippen molar-refractivity contribution in [3.63, 3.8) is 0 Å². The van der Waals surface area contributed by atoms with E-state index in [0.717, 1.165) is 6.07 Å². The Kier molecular flexibility index (Phi) is 2.97. The van der Waals surface area contributed by atoms with E-state index in [1.165, 1.54) is 0 Å². The molecule has 0 aliphatic carbocycles. The van der Waals surface area contributed by atoms with Gasteiger partial charge < -0.3 is 0 Å². The predicted octanol–water partition coefficient (Wildman–Crippen LogP) is 3.02. The SMILES string of the molecule is O=S(=O)(F)c1ccc(Cl)cc1C(F)(F)F. The predicted molar refractivity (Wildman–Crippen MR) is 44.7 cm³/mol. The van der Waals surface area contributed by atoms with E-state index in [0.29, 0.717) is 12.1 Å². The van der Waals surface area contributed by atoms with Crippen molar-refractivity contribution < 1.29 is 25.5 Å². The number of rotatable bonds is 1. The van der Waals surface area contributed by atoms with Gasteiger partial charge >= 0.3 is 16.4 Å². The molecule has 0 amide bonds. The molecule has 0 saturated heterocycles. The standard InChI is InChI=1S/C7H3ClF4O2S/c8-4-1-2-6(15(12,13)14)5(3-4)7(9,10)11/h1-3H. The zero-order valence-electron chi connectivity index (χ0n) is 6.85. The van der Waals surface area contributed by atoms with Gasteiger partial charge in [-0.3, -0.25) is 0 Å². The molecule has 0 aliphatic rings. The van der Waals surface area contributed by atoms with Crippen molar-refractivity contribution in [2.45, 2.75) is 11.1 Å². The van der Waals surface area contributed by atoms with Gasteiger partial charge in [-0.05, 0) is 18.2 Å². The number of hydrogen-bond donors (Lipinski definition) is 0. The Morgan fingerprint density at radius 1 is 1.20 bits per heavy atom. The fourth-order valence-corrected chi connectivity index (χ4v) is 1.78. The lowest BCUT2D eigenvalue weighted by molar-refractivity contribution is -0.139. The van der Waals surface area contributed by atoms with E-state index in [4.69, 9.17) is 11.6 Å². The topological polar surface area (TPSA) is 34.1 Å². The van der Waals surface area contributed by atoms with Gasteiger partial charge in [0.25, 0.3) is 0 Å². The van der Waals surface area contributed by atoms with E-state index in [1.807, 2.05) is 0 Å². The Labute approximate surface area is 87.7 Å². The first-order valence-electron chi connectivity index (χ1n) is 3.44. The summed E-state index contributed by atoms with van der Waals surface area (Å²) < 4.78 is 70.1. The van der Waals surface area contributed by atoms with Crippen LogP contribution in [0.2, 0.25) is 5.02 Å². The van der Waals surface area contributed by atoms with Crippen LogP contribution in [0.25, 0.3) is 0 Å². The molecule has 0 radical (unpaired) electrons. The molecule has 0 bridgehead atoms. The first-order chi connectivity index (χ1) is 6.62. The summed E-state index contributed by atoms with van der Waals surface area (Å²) in [5.74, 6) is 0. The van der Waals surface area contributed by atoms with Crippen LogP contribution in [0.5, 0.6) is 0 Å². The van der Waals surface area contributed by atoms with E-state index < -0.39 is 26.9 Å². The largest absolute Gasteiger partial charge is 0.417 e. The van der Waals surface area contributed by atoms with Crippen LogP contribution in [-0.2, 0) is 16.4 Å². The van der Waals surface area contributed by atoms with Gasteiger partial charge in [0.15, 0.2) is 0 Å². The fraction of sp³-hybridized carbons (Fsp3) is 0.143. The molecule has 1 aromatic carbocycles. The lowest BCUT2D eigenvalue weighted by atomic mass is 10.2. The maximum atomic E-state index is 12.5. The number of alkyl halides is 3. The number of halogens is 5. The summed E-state index contributed by atoms with van der Waals surface area (Å²) in [6, 6.07) is 1.69. The molecule has 8 heteroatoms. The quantitative estimate of drug-likeness (QED) is 0.576. The van der Waals surface area contributed by atoms with Crippen LogP contribution in [0.4, 0.5) is 17.1 Å². The highest BCUT2D eigenvalue weighted by Crippen LogP contribution is 2.36. The van der Waals surface area contributed by atoms with Gasteiger partial charge in [-0.15, -0.1) is 3.89 Å². The van der Waals surface area contributed by atoms with E-state index in [-0.39, 0.29) is 5.02 Å². The Morgan fingerprint density at radius 3 is 2.13 bits per heavy atom. The van der Waals surface area contributed by atoms with Crippen LogP contribution >= 0.6 is 11.6 Å². The Hall–Kier alpha value is -0.820. The van der Waals surface area contributed by atoms with Gasteiger partial charge in [-0.2, -0.15) is 21.6 Å². The maximum Gasteiger partial charge on any atom is 0.417 e. The second-order valence-corrected chi connectivity index (χ2v) is 4.33. The van der Waals surface area contributed by atoms with Gasteiger partial charge in [-0.25, -0.2) is 0 Å².